The topological polar surface area (TPSA) is 29.4 Å². The van der Waals surface area contributed by atoms with Crippen molar-refractivity contribution in [2.24, 2.45) is 4.40 Å². The Balaban J connectivity index is 2.27. The van der Waals surface area contributed by atoms with Gasteiger partial charge in [-0.25, -0.2) is 4.21 Å². The van der Waals surface area contributed by atoms with Gasteiger partial charge >= 0.3 is 0 Å². The van der Waals surface area contributed by atoms with Gasteiger partial charge in [0.25, 0.3) is 0 Å². The zero-order valence-corrected chi connectivity index (χ0v) is 11.7. The van der Waals surface area contributed by atoms with Crippen LogP contribution in [0.5, 0.6) is 0 Å². The highest BCUT2D eigenvalue weighted by atomic mass is 32.2. The highest BCUT2D eigenvalue weighted by molar-refractivity contribution is 7.85. The van der Waals surface area contributed by atoms with E-state index in [1.165, 1.54) is 10.8 Å². The molecule has 1 atom stereocenters. The first-order valence-corrected chi connectivity index (χ1v) is 7.02. The van der Waals surface area contributed by atoms with Gasteiger partial charge < -0.3 is 0 Å². The number of fused-ring (bicyclic) bond motifs is 1. The fourth-order valence-electron chi connectivity index (χ4n) is 1.55. The molecule has 0 N–H and O–H groups in total. The smallest absolute Gasteiger partial charge is 0.144 e. The molecule has 0 aliphatic heterocycles. The molecule has 0 fully saturated rings. The van der Waals surface area contributed by atoms with Gasteiger partial charge in [0.05, 0.1) is 4.75 Å². The molecule has 0 radical (unpaired) electrons. The van der Waals surface area contributed by atoms with E-state index in [1.807, 2.05) is 39.0 Å². The van der Waals surface area contributed by atoms with E-state index < -0.39 is 11.0 Å². The number of hydrogen-bond acceptors (Lipinski definition) is 1. The maximum Gasteiger partial charge on any atom is 0.144 e. The monoisotopic (exact) mass is 259 g/mol. The Morgan fingerprint density at radius 1 is 1.06 bits per heavy atom. The fourth-order valence-corrected chi connectivity index (χ4v) is 2.09. The van der Waals surface area contributed by atoms with E-state index in [1.54, 1.807) is 6.21 Å². The molecule has 0 aromatic heterocycles. The van der Waals surface area contributed by atoms with Gasteiger partial charge in [-0.3, -0.25) is 0 Å². The van der Waals surface area contributed by atoms with Gasteiger partial charge in [-0.2, -0.15) is 4.40 Å². The van der Waals surface area contributed by atoms with E-state index in [2.05, 4.69) is 28.7 Å². The summed E-state index contributed by atoms with van der Waals surface area (Å²) in [5.41, 5.74) is 0.978. The van der Waals surface area contributed by atoms with E-state index in [9.17, 15) is 4.21 Å². The van der Waals surface area contributed by atoms with Crippen molar-refractivity contribution in [2.75, 3.05) is 0 Å². The Bertz CT molecular complexity index is 611. The molecular formula is C15H17NOS. The number of nitrogens with zero attached hydrogens (tertiary/aromatic N) is 1. The molecule has 2 aromatic carbocycles. The molecule has 0 amide bonds. The van der Waals surface area contributed by atoms with Crippen LogP contribution in [0.4, 0.5) is 0 Å². The van der Waals surface area contributed by atoms with Gasteiger partial charge in [0.1, 0.15) is 11.0 Å². The molecule has 0 heterocycles. The van der Waals surface area contributed by atoms with E-state index in [0.29, 0.717) is 0 Å². The normalized spacial score (nSPS) is 14.2. The van der Waals surface area contributed by atoms with Crippen molar-refractivity contribution >= 4 is 28.0 Å². The Kier molecular flexibility index (Phi) is 3.62. The van der Waals surface area contributed by atoms with Crippen LogP contribution < -0.4 is 0 Å². The molecule has 0 unspecified atom stereocenters. The minimum Gasteiger partial charge on any atom is -0.234 e. The van der Waals surface area contributed by atoms with Crippen LogP contribution in [0.2, 0.25) is 0 Å². The molecule has 0 spiro atoms. The van der Waals surface area contributed by atoms with E-state index in [-0.39, 0.29) is 4.75 Å². The first kappa shape index (κ1) is 13.0. The maximum absolute atomic E-state index is 11.8. The second-order valence-corrected chi connectivity index (χ2v) is 7.14. The van der Waals surface area contributed by atoms with Crippen LogP contribution >= 0.6 is 0 Å². The predicted molar refractivity (Wildman–Crippen MR) is 79.4 cm³/mol. The molecule has 2 rings (SSSR count). The van der Waals surface area contributed by atoms with Crippen molar-refractivity contribution in [3.8, 4) is 0 Å². The van der Waals surface area contributed by atoms with Crippen LogP contribution in [-0.4, -0.2) is 15.2 Å². The van der Waals surface area contributed by atoms with E-state index in [0.717, 1.165) is 5.56 Å². The van der Waals surface area contributed by atoms with Crippen molar-refractivity contribution in [1.29, 1.82) is 0 Å². The number of rotatable bonds is 2. The molecule has 94 valence electrons. The van der Waals surface area contributed by atoms with Crippen LogP contribution in [-0.2, 0) is 11.0 Å². The Labute approximate surface area is 110 Å². The molecule has 2 nitrogen and oxygen atoms in total. The van der Waals surface area contributed by atoms with Crippen LogP contribution in [0.15, 0.2) is 46.9 Å². The van der Waals surface area contributed by atoms with Crippen LogP contribution in [0.25, 0.3) is 10.8 Å². The maximum atomic E-state index is 11.8. The molecule has 0 aliphatic carbocycles. The molecule has 0 saturated heterocycles. The third-order valence-electron chi connectivity index (χ3n) is 2.59. The molecule has 2 aromatic rings. The SMILES string of the molecule is CC(C)(C)[S@](=O)/N=C/c1ccc2ccccc2c1. The minimum atomic E-state index is -1.20. The quantitative estimate of drug-likeness (QED) is 0.756. The van der Waals surface area contributed by atoms with Crippen molar-refractivity contribution in [1.82, 2.24) is 0 Å². The number of benzene rings is 2. The minimum absolute atomic E-state index is 0.312. The van der Waals surface area contributed by atoms with Gasteiger partial charge in [0, 0.05) is 6.21 Å². The summed E-state index contributed by atoms with van der Waals surface area (Å²) in [4.78, 5) is 0. The Morgan fingerprint density at radius 3 is 2.39 bits per heavy atom. The standard InChI is InChI=1S/C15H17NOS/c1-15(2,3)18(17)16-11-12-8-9-13-6-4-5-7-14(13)10-12/h4-11H,1-3H3/b16-11+/t18-/m0/s1. The summed E-state index contributed by atoms with van der Waals surface area (Å²) in [5, 5.41) is 2.37. The lowest BCUT2D eigenvalue weighted by Gasteiger charge is -2.12. The summed E-state index contributed by atoms with van der Waals surface area (Å²) in [7, 11) is -1.20. The Morgan fingerprint density at radius 2 is 1.72 bits per heavy atom. The zero-order chi connectivity index (χ0) is 13.2. The second kappa shape index (κ2) is 5.02. The van der Waals surface area contributed by atoms with Gasteiger partial charge in [-0.15, -0.1) is 0 Å². The summed E-state index contributed by atoms with van der Waals surface area (Å²) in [5.74, 6) is 0. The van der Waals surface area contributed by atoms with Gasteiger partial charge in [-0.1, -0.05) is 36.4 Å². The van der Waals surface area contributed by atoms with Gasteiger partial charge in [0.2, 0.25) is 0 Å². The third kappa shape index (κ3) is 3.05. The van der Waals surface area contributed by atoms with Crippen molar-refractivity contribution < 1.29 is 4.21 Å². The average Bonchev–Trinajstić information content (AvgIpc) is 2.34. The van der Waals surface area contributed by atoms with Crippen LogP contribution in [0.3, 0.4) is 0 Å². The van der Waals surface area contributed by atoms with Crippen molar-refractivity contribution in [3.05, 3.63) is 48.0 Å². The van der Waals surface area contributed by atoms with Crippen LogP contribution in [0.1, 0.15) is 26.3 Å². The first-order chi connectivity index (χ1) is 8.47. The summed E-state index contributed by atoms with van der Waals surface area (Å²) < 4.78 is 15.6. The second-order valence-electron chi connectivity index (χ2n) is 5.20. The summed E-state index contributed by atoms with van der Waals surface area (Å²) in [6.45, 7) is 5.75. The summed E-state index contributed by atoms with van der Waals surface area (Å²) in [6.07, 6.45) is 1.69. The molecule has 0 bridgehead atoms. The zero-order valence-electron chi connectivity index (χ0n) is 10.9. The highest BCUT2D eigenvalue weighted by Gasteiger charge is 2.17. The van der Waals surface area contributed by atoms with E-state index in [4.69, 9.17) is 0 Å². The molecule has 18 heavy (non-hydrogen) atoms. The van der Waals surface area contributed by atoms with Gasteiger partial charge in [0.15, 0.2) is 0 Å². The van der Waals surface area contributed by atoms with Crippen LogP contribution in [0, 0.1) is 0 Å². The first-order valence-electron chi connectivity index (χ1n) is 5.92. The fraction of sp³-hybridized carbons (Fsp3) is 0.267. The predicted octanol–water partition coefficient (Wildman–Crippen LogP) is 3.72. The lowest BCUT2D eigenvalue weighted by Crippen LogP contribution is -2.19. The highest BCUT2D eigenvalue weighted by Crippen LogP contribution is 2.16. The van der Waals surface area contributed by atoms with Crippen molar-refractivity contribution in [3.63, 3.8) is 0 Å². The molecule has 3 heteroatoms. The summed E-state index contributed by atoms with van der Waals surface area (Å²) in [6, 6.07) is 14.3. The third-order valence-corrected chi connectivity index (χ3v) is 3.94. The van der Waals surface area contributed by atoms with E-state index >= 15 is 0 Å². The number of hydrogen-bond donors (Lipinski definition) is 0. The lowest BCUT2D eigenvalue weighted by molar-refractivity contribution is 0.651. The Hall–Kier alpha value is -1.48. The molecule has 0 saturated carbocycles. The molecular weight excluding hydrogens is 242 g/mol. The average molecular weight is 259 g/mol. The molecule has 0 aliphatic rings. The largest absolute Gasteiger partial charge is 0.234 e. The lowest BCUT2D eigenvalue weighted by atomic mass is 10.1. The van der Waals surface area contributed by atoms with Crippen molar-refractivity contribution in [2.45, 2.75) is 25.5 Å². The summed E-state index contributed by atoms with van der Waals surface area (Å²) >= 11 is 0. The van der Waals surface area contributed by atoms with Gasteiger partial charge in [-0.05, 0) is 43.2 Å².